The highest BCUT2D eigenvalue weighted by atomic mass is 16.3. The van der Waals surface area contributed by atoms with Gasteiger partial charge >= 0.3 is 6.03 Å². The van der Waals surface area contributed by atoms with Crippen molar-refractivity contribution in [2.45, 2.75) is 32.6 Å². The second-order valence-corrected chi connectivity index (χ2v) is 5.19. The summed E-state index contributed by atoms with van der Waals surface area (Å²) in [6, 6.07) is 5.44. The van der Waals surface area contributed by atoms with Crippen molar-refractivity contribution in [3.05, 3.63) is 29.8 Å². The van der Waals surface area contributed by atoms with Crippen LogP contribution < -0.4 is 0 Å². The SMILES string of the molecule is CCN1C(=O)N(CC)C(=O)C(CC)(c2ccc(O)cc2)C1=O. The Morgan fingerprint density at radius 3 is 1.73 bits per heavy atom. The van der Waals surface area contributed by atoms with Crippen LogP contribution in [0.25, 0.3) is 0 Å². The minimum absolute atomic E-state index is 0.0569. The molecular formula is C16H20N2O4. The van der Waals surface area contributed by atoms with E-state index in [9.17, 15) is 19.5 Å². The summed E-state index contributed by atoms with van der Waals surface area (Å²) in [4.78, 5) is 40.2. The first-order chi connectivity index (χ1) is 10.4. The third kappa shape index (κ3) is 2.06. The molecule has 0 saturated carbocycles. The number of phenolic OH excluding ortho intramolecular Hbond substituents is 1. The highest BCUT2D eigenvalue weighted by Crippen LogP contribution is 2.37. The molecule has 6 nitrogen and oxygen atoms in total. The van der Waals surface area contributed by atoms with Crippen molar-refractivity contribution in [2.75, 3.05) is 13.1 Å². The van der Waals surface area contributed by atoms with Crippen LogP contribution in [0.5, 0.6) is 5.75 Å². The third-order valence-electron chi connectivity index (χ3n) is 4.21. The number of aromatic hydroxyl groups is 1. The Morgan fingerprint density at radius 2 is 1.36 bits per heavy atom. The molecular weight excluding hydrogens is 284 g/mol. The molecule has 2 rings (SSSR count). The Labute approximate surface area is 129 Å². The van der Waals surface area contributed by atoms with E-state index in [0.717, 1.165) is 9.80 Å². The van der Waals surface area contributed by atoms with Gasteiger partial charge in [0.2, 0.25) is 0 Å². The van der Waals surface area contributed by atoms with Gasteiger partial charge in [-0.25, -0.2) is 4.79 Å². The molecule has 0 atom stereocenters. The number of carbonyl (C=O) groups excluding carboxylic acids is 3. The van der Waals surface area contributed by atoms with E-state index >= 15 is 0 Å². The molecule has 1 aliphatic rings. The maximum Gasteiger partial charge on any atom is 0.333 e. The van der Waals surface area contributed by atoms with Gasteiger partial charge in [-0.15, -0.1) is 0 Å². The van der Waals surface area contributed by atoms with Gasteiger partial charge in [-0.2, -0.15) is 0 Å². The lowest BCUT2D eigenvalue weighted by Crippen LogP contribution is -2.66. The van der Waals surface area contributed by atoms with Crippen LogP contribution in [-0.4, -0.2) is 45.8 Å². The molecule has 1 heterocycles. The van der Waals surface area contributed by atoms with Crippen molar-refractivity contribution in [2.24, 2.45) is 0 Å². The molecule has 0 bridgehead atoms. The maximum atomic E-state index is 12.9. The van der Waals surface area contributed by atoms with Gasteiger partial charge in [-0.3, -0.25) is 19.4 Å². The average Bonchev–Trinajstić information content (AvgIpc) is 2.51. The van der Waals surface area contributed by atoms with Crippen LogP contribution >= 0.6 is 0 Å². The number of nitrogens with zero attached hydrogens (tertiary/aromatic N) is 2. The lowest BCUT2D eigenvalue weighted by molar-refractivity contribution is -0.152. The first-order valence-electron chi connectivity index (χ1n) is 7.41. The number of rotatable bonds is 4. The summed E-state index contributed by atoms with van der Waals surface area (Å²) >= 11 is 0. The molecule has 1 saturated heterocycles. The zero-order valence-electron chi connectivity index (χ0n) is 13.0. The number of hydrogen-bond donors (Lipinski definition) is 1. The first kappa shape index (κ1) is 16.0. The summed E-state index contributed by atoms with van der Waals surface area (Å²) in [6.07, 6.45) is 0.246. The molecule has 1 fully saturated rings. The number of hydrogen-bond acceptors (Lipinski definition) is 4. The van der Waals surface area contributed by atoms with Crippen LogP contribution in [0, 0.1) is 0 Å². The second kappa shape index (κ2) is 5.79. The molecule has 1 aromatic carbocycles. The number of amides is 4. The van der Waals surface area contributed by atoms with E-state index in [1.165, 1.54) is 12.1 Å². The van der Waals surface area contributed by atoms with Crippen LogP contribution in [0.3, 0.4) is 0 Å². The predicted molar refractivity (Wildman–Crippen MR) is 80.2 cm³/mol. The highest BCUT2D eigenvalue weighted by molar-refractivity contribution is 6.22. The minimum Gasteiger partial charge on any atom is -0.508 e. The topological polar surface area (TPSA) is 77.9 Å². The molecule has 0 spiro atoms. The van der Waals surface area contributed by atoms with Crippen molar-refractivity contribution < 1.29 is 19.5 Å². The van der Waals surface area contributed by atoms with Gasteiger partial charge < -0.3 is 5.11 Å². The van der Waals surface area contributed by atoms with Gasteiger partial charge in [0.1, 0.15) is 5.75 Å². The molecule has 4 amide bonds. The van der Waals surface area contributed by atoms with E-state index in [1.807, 2.05) is 0 Å². The second-order valence-electron chi connectivity index (χ2n) is 5.19. The molecule has 0 aromatic heterocycles. The lowest BCUT2D eigenvalue weighted by atomic mass is 9.74. The number of urea groups is 1. The monoisotopic (exact) mass is 304 g/mol. The molecule has 0 radical (unpaired) electrons. The Kier molecular flexibility index (Phi) is 4.21. The average molecular weight is 304 g/mol. The van der Waals surface area contributed by atoms with E-state index in [-0.39, 0.29) is 25.3 Å². The van der Waals surface area contributed by atoms with E-state index in [1.54, 1.807) is 32.9 Å². The summed E-state index contributed by atoms with van der Waals surface area (Å²) in [6.45, 7) is 5.58. The number of barbiturate groups is 1. The van der Waals surface area contributed by atoms with Gasteiger partial charge in [0, 0.05) is 13.1 Å². The quantitative estimate of drug-likeness (QED) is 0.861. The molecule has 118 valence electrons. The number of phenols is 1. The number of likely N-dealkylation sites (N-methyl/N-ethyl adjacent to an activating group) is 2. The zero-order chi connectivity index (χ0) is 16.5. The Morgan fingerprint density at radius 1 is 0.909 bits per heavy atom. The largest absolute Gasteiger partial charge is 0.508 e. The Balaban J connectivity index is 2.65. The van der Waals surface area contributed by atoms with Gasteiger partial charge in [0.15, 0.2) is 5.41 Å². The van der Waals surface area contributed by atoms with E-state index < -0.39 is 23.3 Å². The van der Waals surface area contributed by atoms with Crippen LogP contribution in [0.1, 0.15) is 32.8 Å². The summed E-state index contributed by atoms with van der Waals surface area (Å²) in [5.41, 5.74) is -0.916. The number of imide groups is 2. The zero-order valence-corrected chi connectivity index (χ0v) is 13.0. The standard InChI is InChI=1S/C16H20N2O4/c1-4-16(11-7-9-12(19)10-8-11)13(20)17(5-2)15(22)18(6-3)14(16)21/h7-10,19H,4-6H2,1-3H3. The predicted octanol–water partition coefficient (Wildman–Crippen LogP) is 1.87. The van der Waals surface area contributed by atoms with Crippen molar-refractivity contribution >= 4 is 17.8 Å². The number of benzene rings is 1. The van der Waals surface area contributed by atoms with Crippen molar-refractivity contribution in [3.63, 3.8) is 0 Å². The van der Waals surface area contributed by atoms with E-state index in [4.69, 9.17) is 0 Å². The van der Waals surface area contributed by atoms with E-state index in [0.29, 0.717) is 5.56 Å². The maximum absolute atomic E-state index is 12.9. The molecule has 1 N–H and O–H groups in total. The van der Waals surface area contributed by atoms with Crippen LogP contribution in [0.15, 0.2) is 24.3 Å². The van der Waals surface area contributed by atoms with Crippen LogP contribution in [0.2, 0.25) is 0 Å². The Hall–Kier alpha value is -2.37. The smallest absolute Gasteiger partial charge is 0.333 e. The van der Waals surface area contributed by atoms with Gasteiger partial charge in [-0.05, 0) is 38.0 Å². The van der Waals surface area contributed by atoms with Crippen LogP contribution in [0.4, 0.5) is 4.79 Å². The van der Waals surface area contributed by atoms with Gasteiger partial charge in [0.25, 0.3) is 11.8 Å². The lowest BCUT2D eigenvalue weighted by Gasteiger charge is -2.43. The molecule has 0 aliphatic carbocycles. The summed E-state index contributed by atoms with van der Waals surface area (Å²) in [7, 11) is 0. The number of carbonyl (C=O) groups is 3. The molecule has 1 aliphatic heterocycles. The molecule has 22 heavy (non-hydrogen) atoms. The summed E-state index contributed by atoms with van der Waals surface area (Å²) < 4.78 is 0. The van der Waals surface area contributed by atoms with Crippen molar-refractivity contribution in [3.8, 4) is 5.75 Å². The molecule has 1 aromatic rings. The fourth-order valence-corrected chi connectivity index (χ4v) is 2.93. The molecule has 0 unspecified atom stereocenters. The van der Waals surface area contributed by atoms with Gasteiger partial charge in [-0.1, -0.05) is 19.1 Å². The summed E-state index contributed by atoms with van der Waals surface area (Å²) in [5.74, 6) is -0.938. The van der Waals surface area contributed by atoms with Gasteiger partial charge in [0.05, 0.1) is 0 Å². The first-order valence-corrected chi connectivity index (χ1v) is 7.41. The van der Waals surface area contributed by atoms with Crippen molar-refractivity contribution in [1.29, 1.82) is 0 Å². The Bertz CT molecular complexity index is 583. The minimum atomic E-state index is -1.41. The van der Waals surface area contributed by atoms with E-state index in [2.05, 4.69) is 0 Å². The highest BCUT2D eigenvalue weighted by Gasteiger charge is 2.56. The fourth-order valence-electron chi connectivity index (χ4n) is 2.93. The fraction of sp³-hybridized carbons (Fsp3) is 0.438. The normalized spacial score (nSPS) is 18.0. The molecule has 6 heteroatoms. The summed E-state index contributed by atoms with van der Waals surface area (Å²) in [5, 5.41) is 9.44. The van der Waals surface area contributed by atoms with Crippen LogP contribution in [-0.2, 0) is 15.0 Å². The van der Waals surface area contributed by atoms with Crippen molar-refractivity contribution in [1.82, 2.24) is 9.80 Å². The third-order valence-corrected chi connectivity index (χ3v) is 4.21.